The Kier molecular flexibility index (Phi) is 6.09. The number of hydrogen-bond acceptors (Lipinski definition) is 4. The third kappa shape index (κ3) is 5.31. The molecule has 0 aliphatic heterocycles. The highest BCUT2D eigenvalue weighted by molar-refractivity contribution is 7.87. The van der Waals surface area contributed by atoms with Gasteiger partial charge in [0.25, 0.3) is 0 Å². The molecule has 5 nitrogen and oxygen atoms in total. The molecule has 0 aromatic heterocycles. The van der Waals surface area contributed by atoms with Gasteiger partial charge in [0.2, 0.25) is 0 Å². The van der Waals surface area contributed by atoms with Gasteiger partial charge in [-0.15, -0.1) is 0 Å². The standard InChI is InChI=1S/C16H18FNO4S/c1-21-11-10-18-12-13-2-6-15(7-3-13)22-23(19,20)16-8-4-14(17)5-9-16/h2-9,18H,10-12H2,1H3/p+1. The number of hydrogen-bond donors (Lipinski definition) is 1. The summed E-state index contributed by atoms with van der Waals surface area (Å²) in [6, 6.07) is 11.3. The van der Waals surface area contributed by atoms with Gasteiger partial charge in [-0.05, 0) is 48.5 Å². The molecule has 0 spiro atoms. The van der Waals surface area contributed by atoms with Crippen LogP contribution in [0.15, 0.2) is 53.4 Å². The summed E-state index contributed by atoms with van der Waals surface area (Å²) in [5, 5.41) is 2.09. The van der Waals surface area contributed by atoms with E-state index in [-0.39, 0.29) is 10.6 Å². The summed E-state index contributed by atoms with van der Waals surface area (Å²) in [6.45, 7) is 2.30. The van der Waals surface area contributed by atoms with E-state index in [4.69, 9.17) is 8.92 Å². The van der Waals surface area contributed by atoms with Gasteiger partial charge in [-0.1, -0.05) is 0 Å². The summed E-state index contributed by atoms with van der Waals surface area (Å²) < 4.78 is 47.0. The average molecular weight is 340 g/mol. The SMILES string of the molecule is COCC[NH2+]Cc1ccc(OS(=O)(=O)c2ccc(F)cc2)cc1. The number of quaternary nitrogens is 1. The lowest BCUT2D eigenvalue weighted by Gasteiger charge is -2.08. The Morgan fingerprint density at radius 1 is 1.04 bits per heavy atom. The van der Waals surface area contributed by atoms with Crippen LogP contribution in [0.1, 0.15) is 5.56 Å². The maximum atomic E-state index is 12.8. The predicted octanol–water partition coefficient (Wildman–Crippen LogP) is 1.30. The maximum Gasteiger partial charge on any atom is 0.339 e. The molecule has 0 heterocycles. The zero-order chi connectivity index (χ0) is 16.7. The Hall–Kier alpha value is -1.96. The molecule has 7 heteroatoms. The minimum absolute atomic E-state index is 0.0872. The van der Waals surface area contributed by atoms with Crippen LogP contribution in [0.3, 0.4) is 0 Å². The van der Waals surface area contributed by atoms with E-state index in [9.17, 15) is 12.8 Å². The first-order valence-electron chi connectivity index (χ1n) is 7.11. The normalized spacial score (nSPS) is 11.4. The summed E-state index contributed by atoms with van der Waals surface area (Å²) in [6.07, 6.45) is 0. The zero-order valence-corrected chi connectivity index (χ0v) is 13.6. The lowest BCUT2D eigenvalue weighted by atomic mass is 10.2. The van der Waals surface area contributed by atoms with Gasteiger partial charge in [0.05, 0.1) is 13.2 Å². The second-order valence-corrected chi connectivity index (χ2v) is 6.46. The van der Waals surface area contributed by atoms with E-state index < -0.39 is 15.9 Å². The van der Waals surface area contributed by atoms with Crippen molar-refractivity contribution in [2.24, 2.45) is 0 Å². The molecule has 0 saturated carbocycles. The molecule has 0 unspecified atom stereocenters. The minimum Gasteiger partial charge on any atom is -0.379 e. The lowest BCUT2D eigenvalue weighted by Crippen LogP contribution is -2.83. The minimum atomic E-state index is -3.96. The van der Waals surface area contributed by atoms with E-state index in [2.05, 4.69) is 5.32 Å². The molecule has 2 aromatic rings. The van der Waals surface area contributed by atoms with Crippen LogP contribution < -0.4 is 9.50 Å². The Bertz CT molecular complexity index is 715. The number of rotatable bonds is 8. The quantitative estimate of drug-likeness (QED) is 0.581. The first-order chi connectivity index (χ1) is 11.0. The molecule has 2 rings (SSSR count). The van der Waals surface area contributed by atoms with Crippen molar-refractivity contribution in [2.45, 2.75) is 11.4 Å². The van der Waals surface area contributed by atoms with Gasteiger partial charge in [0.1, 0.15) is 23.0 Å². The van der Waals surface area contributed by atoms with Crippen LogP contribution >= 0.6 is 0 Å². The highest BCUT2D eigenvalue weighted by Gasteiger charge is 2.16. The second kappa shape index (κ2) is 8.05. The summed E-state index contributed by atoms with van der Waals surface area (Å²) >= 11 is 0. The summed E-state index contributed by atoms with van der Waals surface area (Å²) in [5.74, 6) is -0.284. The van der Waals surface area contributed by atoms with Crippen molar-refractivity contribution in [1.82, 2.24) is 0 Å². The smallest absolute Gasteiger partial charge is 0.339 e. The topological polar surface area (TPSA) is 69.2 Å². The summed E-state index contributed by atoms with van der Waals surface area (Å²) in [7, 11) is -2.30. The van der Waals surface area contributed by atoms with Crippen LogP contribution in [0.25, 0.3) is 0 Å². The van der Waals surface area contributed by atoms with Crippen LogP contribution in [-0.2, 0) is 21.4 Å². The third-order valence-electron chi connectivity index (χ3n) is 3.14. The largest absolute Gasteiger partial charge is 0.379 e. The fraction of sp³-hybridized carbons (Fsp3) is 0.250. The monoisotopic (exact) mass is 340 g/mol. The Balaban J connectivity index is 1.98. The van der Waals surface area contributed by atoms with E-state index in [0.717, 1.165) is 30.8 Å². The third-order valence-corrected chi connectivity index (χ3v) is 4.40. The molecule has 0 aliphatic carbocycles. The summed E-state index contributed by atoms with van der Waals surface area (Å²) in [5.41, 5.74) is 1.05. The molecule has 0 fully saturated rings. The molecular formula is C16H19FNO4S+. The van der Waals surface area contributed by atoms with Crippen molar-refractivity contribution in [1.29, 1.82) is 0 Å². The van der Waals surface area contributed by atoms with Crippen LogP contribution in [0, 0.1) is 5.82 Å². The van der Waals surface area contributed by atoms with Gasteiger partial charge in [-0.3, -0.25) is 0 Å². The number of methoxy groups -OCH3 is 1. The number of ether oxygens (including phenoxy) is 1. The van der Waals surface area contributed by atoms with Gasteiger partial charge in [-0.25, -0.2) is 4.39 Å². The molecule has 0 atom stereocenters. The fourth-order valence-electron chi connectivity index (χ4n) is 1.93. The molecule has 124 valence electrons. The highest BCUT2D eigenvalue weighted by atomic mass is 32.2. The highest BCUT2D eigenvalue weighted by Crippen LogP contribution is 2.19. The van der Waals surface area contributed by atoms with Gasteiger partial charge in [0.15, 0.2) is 0 Å². The first-order valence-corrected chi connectivity index (χ1v) is 8.52. The van der Waals surface area contributed by atoms with E-state index in [1.54, 1.807) is 31.4 Å². The second-order valence-electron chi connectivity index (χ2n) is 4.91. The zero-order valence-electron chi connectivity index (χ0n) is 12.7. The van der Waals surface area contributed by atoms with E-state index in [1.165, 1.54) is 12.1 Å². The van der Waals surface area contributed by atoms with Crippen LogP contribution in [0.2, 0.25) is 0 Å². The lowest BCUT2D eigenvalue weighted by molar-refractivity contribution is -0.671. The van der Waals surface area contributed by atoms with E-state index in [1.807, 2.05) is 0 Å². The molecule has 2 N–H and O–H groups in total. The molecule has 0 aliphatic rings. The van der Waals surface area contributed by atoms with Crippen LogP contribution in [0.4, 0.5) is 4.39 Å². The Morgan fingerprint density at radius 2 is 1.70 bits per heavy atom. The predicted molar refractivity (Wildman–Crippen MR) is 83.0 cm³/mol. The van der Waals surface area contributed by atoms with Gasteiger partial charge in [-0.2, -0.15) is 8.42 Å². The van der Waals surface area contributed by atoms with Gasteiger partial charge >= 0.3 is 10.1 Å². The van der Waals surface area contributed by atoms with Gasteiger partial charge < -0.3 is 14.2 Å². The van der Waals surface area contributed by atoms with Crippen molar-refractivity contribution in [3.63, 3.8) is 0 Å². The van der Waals surface area contributed by atoms with E-state index in [0.29, 0.717) is 6.61 Å². The molecule has 0 bridgehead atoms. The molecule has 0 radical (unpaired) electrons. The first kappa shape index (κ1) is 17.4. The average Bonchev–Trinajstić information content (AvgIpc) is 2.53. The fourth-order valence-corrected chi connectivity index (χ4v) is 2.86. The van der Waals surface area contributed by atoms with Crippen LogP contribution in [-0.4, -0.2) is 28.7 Å². The van der Waals surface area contributed by atoms with Crippen LogP contribution in [0.5, 0.6) is 5.75 Å². The molecule has 23 heavy (non-hydrogen) atoms. The summed E-state index contributed by atoms with van der Waals surface area (Å²) in [4.78, 5) is -0.0872. The van der Waals surface area contributed by atoms with Crippen molar-refractivity contribution in [3.05, 3.63) is 59.9 Å². The molecule has 0 amide bonds. The molecular weight excluding hydrogens is 321 g/mol. The number of benzene rings is 2. The molecule has 0 saturated heterocycles. The molecule has 2 aromatic carbocycles. The van der Waals surface area contributed by atoms with Crippen molar-refractivity contribution < 1.29 is 27.0 Å². The van der Waals surface area contributed by atoms with E-state index >= 15 is 0 Å². The number of nitrogens with two attached hydrogens (primary N) is 1. The Morgan fingerprint density at radius 3 is 2.30 bits per heavy atom. The van der Waals surface area contributed by atoms with Crippen molar-refractivity contribution in [3.8, 4) is 5.75 Å². The Labute approximate surface area is 135 Å². The maximum absolute atomic E-state index is 12.8. The van der Waals surface area contributed by atoms with Crippen molar-refractivity contribution in [2.75, 3.05) is 20.3 Å². The van der Waals surface area contributed by atoms with Gasteiger partial charge in [0, 0.05) is 12.7 Å². The number of halogens is 1. The van der Waals surface area contributed by atoms with Crippen molar-refractivity contribution >= 4 is 10.1 Å².